The van der Waals surface area contributed by atoms with Gasteiger partial charge in [0, 0.05) is 12.1 Å². The van der Waals surface area contributed by atoms with Gasteiger partial charge in [-0.25, -0.2) is 4.68 Å². The molecule has 2 N–H and O–H groups in total. The highest BCUT2D eigenvalue weighted by molar-refractivity contribution is 5.76. The molecule has 6 heteroatoms. The summed E-state index contributed by atoms with van der Waals surface area (Å²) in [4.78, 5) is 35.1. The van der Waals surface area contributed by atoms with E-state index in [9.17, 15) is 14.4 Å². The summed E-state index contributed by atoms with van der Waals surface area (Å²) < 4.78 is 1.02. The molecule has 0 aliphatic heterocycles. The van der Waals surface area contributed by atoms with Gasteiger partial charge in [0.2, 0.25) is 5.91 Å². The molecule has 1 saturated carbocycles. The van der Waals surface area contributed by atoms with Gasteiger partial charge in [0.1, 0.15) is 6.54 Å². The molecular weight excluding hydrogens is 282 g/mol. The van der Waals surface area contributed by atoms with Crippen LogP contribution in [-0.4, -0.2) is 15.7 Å². The molecule has 0 bridgehead atoms. The van der Waals surface area contributed by atoms with Crippen LogP contribution in [0.25, 0.3) is 0 Å². The number of nitrogens with one attached hydrogen (secondary N) is 2. The van der Waals surface area contributed by atoms with E-state index in [1.54, 1.807) is 0 Å². The first kappa shape index (κ1) is 14.3. The fraction of sp³-hybridized carbons (Fsp3) is 0.312. The molecule has 1 heterocycles. The van der Waals surface area contributed by atoms with Crippen LogP contribution in [-0.2, 0) is 11.3 Å². The van der Waals surface area contributed by atoms with E-state index < -0.39 is 11.1 Å². The molecule has 6 nitrogen and oxygen atoms in total. The summed E-state index contributed by atoms with van der Waals surface area (Å²) in [5.41, 5.74) is 0.249. The summed E-state index contributed by atoms with van der Waals surface area (Å²) in [6.45, 7) is -0.190. The number of rotatable bonds is 5. The molecule has 1 unspecified atom stereocenters. The Morgan fingerprint density at radius 3 is 2.59 bits per heavy atom. The van der Waals surface area contributed by atoms with E-state index in [4.69, 9.17) is 0 Å². The van der Waals surface area contributed by atoms with E-state index in [1.807, 2.05) is 30.3 Å². The van der Waals surface area contributed by atoms with Crippen LogP contribution in [0, 0.1) is 5.92 Å². The van der Waals surface area contributed by atoms with Gasteiger partial charge < -0.3 is 5.32 Å². The minimum absolute atomic E-state index is 0.0418. The lowest BCUT2D eigenvalue weighted by molar-refractivity contribution is -0.122. The summed E-state index contributed by atoms with van der Waals surface area (Å²) in [5.74, 6) is 0.155. The van der Waals surface area contributed by atoms with Gasteiger partial charge >= 0.3 is 0 Å². The first-order valence-electron chi connectivity index (χ1n) is 7.28. The number of H-pyrrole nitrogens is 1. The third-order valence-electron chi connectivity index (χ3n) is 3.76. The summed E-state index contributed by atoms with van der Waals surface area (Å²) >= 11 is 0. The van der Waals surface area contributed by atoms with Gasteiger partial charge in [-0.15, -0.1) is 0 Å². The number of aromatic nitrogens is 2. The molecule has 0 saturated heterocycles. The Balaban J connectivity index is 1.73. The molecule has 3 rings (SSSR count). The molecule has 1 aliphatic rings. The Kier molecular flexibility index (Phi) is 3.91. The lowest BCUT2D eigenvalue weighted by atomic mass is 10.0. The van der Waals surface area contributed by atoms with Gasteiger partial charge in [0.15, 0.2) is 0 Å². The molecular formula is C16H17N3O3. The standard InChI is InChI=1S/C16H17N3O3/c20-13-8-9-15(22)19(18-13)10-14(21)17-16(12-6-7-12)11-4-2-1-3-5-11/h1-5,8-9,12,16H,6-7,10H2,(H,17,21)(H,18,20). The fourth-order valence-corrected chi connectivity index (χ4v) is 2.51. The SMILES string of the molecule is O=C(Cn1[nH]c(=O)ccc1=O)NC(c1ccccc1)C1CC1. The third kappa shape index (κ3) is 3.33. The number of carbonyl (C=O) groups is 1. The van der Waals surface area contributed by atoms with Gasteiger partial charge in [-0.2, -0.15) is 0 Å². The minimum Gasteiger partial charge on any atom is -0.347 e. The van der Waals surface area contributed by atoms with Gasteiger partial charge in [0.05, 0.1) is 6.04 Å². The monoisotopic (exact) mass is 299 g/mol. The summed E-state index contributed by atoms with van der Waals surface area (Å²) in [6, 6.07) is 12.0. The highest BCUT2D eigenvalue weighted by Gasteiger charge is 2.33. The zero-order valence-electron chi connectivity index (χ0n) is 12.0. The Hall–Kier alpha value is -2.63. The lowest BCUT2D eigenvalue weighted by Crippen LogP contribution is -2.38. The number of nitrogens with zero attached hydrogens (tertiary/aromatic N) is 1. The first-order chi connectivity index (χ1) is 10.6. The van der Waals surface area contributed by atoms with Crippen molar-refractivity contribution in [3.8, 4) is 0 Å². The van der Waals surface area contributed by atoms with Gasteiger partial charge in [-0.1, -0.05) is 30.3 Å². The van der Waals surface area contributed by atoms with Gasteiger partial charge in [0.25, 0.3) is 11.1 Å². The topological polar surface area (TPSA) is 84.0 Å². The number of benzene rings is 1. The van der Waals surface area contributed by atoms with Crippen LogP contribution in [0.15, 0.2) is 52.1 Å². The first-order valence-corrected chi connectivity index (χ1v) is 7.28. The van der Waals surface area contributed by atoms with Gasteiger partial charge in [-0.3, -0.25) is 19.5 Å². The zero-order valence-corrected chi connectivity index (χ0v) is 12.0. The van der Waals surface area contributed by atoms with Crippen molar-refractivity contribution in [3.63, 3.8) is 0 Å². The summed E-state index contributed by atoms with van der Waals surface area (Å²) in [5, 5.41) is 5.32. The van der Waals surface area contributed by atoms with Gasteiger partial charge in [-0.05, 0) is 24.3 Å². The predicted molar refractivity (Wildman–Crippen MR) is 81.4 cm³/mol. The normalized spacial score (nSPS) is 15.3. The molecule has 22 heavy (non-hydrogen) atoms. The minimum atomic E-state index is -0.408. The number of amides is 1. The highest BCUT2D eigenvalue weighted by Crippen LogP contribution is 2.40. The second-order valence-electron chi connectivity index (χ2n) is 5.53. The maximum atomic E-state index is 12.2. The molecule has 1 amide bonds. The Morgan fingerprint density at radius 2 is 1.91 bits per heavy atom. The number of hydrogen-bond donors (Lipinski definition) is 2. The van der Waals surface area contributed by atoms with E-state index in [0.717, 1.165) is 35.2 Å². The van der Waals surface area contributed by atoms with Crippen molar-refractivity contribution in [2.45, 2.75) is 25.4 Å². The van der Waals surface area contributed by atoms with E-state index in [-0.39, 0.29) is 18.5 Å². The smallest absolute Gasteiger partial charge is 0.265 e. The van der Waals surface area contributed by atoms with Crippen molar-refractivity contribution in [3.05, 3.63) is 68.7 Å². The number of carbonyl (C=O) groups excluding carboxylic acids is 1. The van der Waals surface area contributed by atoms with Crippen LogP contribution in [0.2, 0.25) is 0 Å². The van der Waals surface area contributed by atoms with Crippen LogP contribution in [0.3, 0.4) is 0 Å². The number of aromatic amines is 1. The molecule has 0 radical (unpaired) electrons. The van der Waals surface area contributed by atoms with Crippen LogP contribution < -0.4 is 16.4 Å². The van der Waals surface area contributed by atoms with Crippen LogP contribution in [0.1, 0.15) is 24.4 Å². The van der Waals surface area contributed by atoms with Crippen molar-refractivity contribution in [1.29, 1.82) is 0 Å². The Labute approximate surface area is 126 Å². The zero-order chi connectivity index (χ0) is 15.5. The van der Waals surface area contributed by atoms with Crippen molar-refractivity contribution in [2.75, 3.05) is 0 Å². The average molecular weight is 299 g/mol. The fourth-order valence-electron chi connectivity index (χ4n) is 2.51. The van der Waals surface area contributed by atoms with Crippen molar-refractivity contribution >= 4 is 5.91 Å². The molecule has 114 valence electrons. The predicted octanol–water partition coefficient (Wildman–Crippen LogP) is 0.804. The van der Waals surface area contributed by atoms with Crippen molar-refractivity contribution < 1.29 is 4.79 Å². The average Bonchev–Trinajstić information content (AvgIpc) is 3.34. The summed E-state index contributed by atoms with van der Waals surface area (Å²) in [7, 11) is 0. The third-order valence-corrected chi connectivity index (χ3v) is 3.76. The molecule has 1 aromatic carbocycles. The second-order valence-corrected chi connectivity index (χ2v) is 5.53. The largest absolute Gasteiger partial charge is 0.347 e. The van der Waals surface area contributed by atoms with E-state index >= 15 is 0 Å². The van der Waals surface area contributed by atoms with Crippen molar-refractivity contribution in [2.24, 2.45) is 5.92 Å². The van der Waals surface area contributed by atoms with Crippen LogP contribution in [0.4, 0.5) is 0 Å². The highest BCUT2D eigenvalue weighted by atomic mass is 16.2. The quantitative estimate of drug-likeness (QED) is 0.856. The van der Waals surface area contributed by atoms with E-state index in [1.165, 1.54) is 0 Å². The van der Waals surface area contributed by atoms with E-state index in [0.29, 0.717) is 5.92 Å². The Bertz CT molecular complexity index is 775. The molecule has 1 atom stereocenters. The molecule has 1 aromatic heterocycles. The Morgan fingerprint density at radius 1 is 1.18 bits per heavy atom. The maximum Gasteiger partial charge on any atom is 0.265 e. The summed E-state index contributed by atoms with van der Waals surface area (Å²) in [6.07, 6.45) is 2.17. The second kappa shape index (κ2) is 6.01. The molecule has 2 aromatic rings. The van der Waals surface area contributed by atoms with Crippen molar-refractivity contribution in [1.82, 2.24) is 15.1 Å². The molecule has 1 aliphatic carbocycles. The van der Waals surface area contributed by atoms with Crippen LogP contribution >= 0.6 is 0 Å². The number of hydrogen-bond acceptors (Lipinski definition) is 3. The molecule has 1 fully saturated rings. The lowest BCUT2D eigenvalue weighted by Gasteiger charge is -2.19. The van der Waals surface area contributed by atoms with E-state index in [2.05, 4.69) is 10.4 Å². The molecule has 0 spiro atoms. The maximum absolute atomic E-state index is 12.2. The van der Waals surface area contributed by atoms with Crippen LogP contribution in [0.5, 0.6) is 0 Å².